The minimum atomic E-state index is -0.299. The number of para-hydroxylation sites is 1. The Balaban J connectivity index is 1.88. The number of nitrogens with zero attached hydrogens (tertiary/aromatic N) is 4. The highest BCUT2D eigenvalue weighted by atomic mass is 16.5. The third-order valence-corrected chi connectivity index (χ3v) is 4.76. The van der Waals surface area contributed by atoms with Gasteiger partial charge in [-0.1, -0.05) is 25.1 Å². The van der Waals surface area contributed by atoms with E-state index in [0.717, 1.165) is 34.7 Å². The second kappa shape index (κ2) is 8.16. The zero-order chi connectivity index (χ0) is 20.3. The molecule has 8 nitrogen and oxygen atoms in total. The third-order valence-electron chi connectivity index (χ3n) is 4.76. The van der Waals surface area contributed by atoms with Crippen LogP contribution < -0.4 is 15.4 Å². The van der Waals surface area contributed by atoms with Gasteiger partial charge in [0, 0.05) is 25.9 Å². The van der Waals surface area contributed by atoms with Crippen LogP contribution in [0.3, 0.4) is 0 Å². The van der Waals surface area contributed by atoms with E-state index in [0.29, 0.717) is 5.82 Å². The summed E-state index contributed by atoms with van der Waals surface area (Å²) in [5.41, 5.74) is 3.47. The van der Waals surface area contributed by atoms with Gasteiger partial charge in [0.1, 0.15) is 11.6 Å². The van der Waals surface area contributed by atoms with E-state index in [1.54, 1.807) is 29.7 Å². The predicted molar refractivity (Wildman–Crippen MR) is 108 cm³/mol. The Morgan fingerprint density at radius 3 is 2.61 bits per heavy atom. The van der Waals surface area contributed by atoms with E-state index in [1.807, 2.05) is 51.2 Å². The lowest BCUT2D eigenvalue weighted by Gasteiger charge is -2.18. The molecule has 0 aliphatic rings. The van der Waals surface area contributed by atoms with Crippen molar-refractivity contribution in [3.63, 3.8) is 0 Å². The molecule has 3 aromatic rings. The third kappa shape index (κ3) is 3.71. The van der Waals surface area contributed by atoms with Crippen LogP contribution in [0.2, 0.25) is 0 Å². The molecule has 148 valence electrons. The first-order valence-corrected chi connectivity index (χ1v) is 9.18. The summed E-state index contributed by atoms with van der Waals surface area (Å²) >= 11 is 0. The van der Waals surface area contributed by atoms with Gasteiger partial charge in [-0.25, -0.2) is 4.79 Å². The molecule has 0 radical (unpaired) electrons. The Hall–Kier alpha value is -3.29. The van der Waals surface area contributed by atoms with Crippen LogP contribution in [0.4, 0.5) is 10.6 Å². The van der Waals surface area contributed by atoms with Crippen LogP contribution in [-0.2, 0) is 14.1 Å². The molecule has 0 aliphatic carbocycles. The van der Waals surface area contributed by atoms with Crippen molar-refractivity contribution in [2.45, 2.75) is 26.3 Å². The number of methoxy groups -OCH3 is 1. The van der Waals surface area contributed by atoms with Gasteiger partial charge >= 0.3 is 6.03 Å². The van der Waals surface area contributed by atoms with Crippen LogP contribution in [0, 0.1) is 6.92 Å². The number of nitrogens with one attached hydrogen (secondary N) is 2. The van der Waals surface area contributed by atoms with Crippen molar-refractivity contribution in [2.75, 3.05) is 12.4 Å². The molecule has 2 aromatic heterocycles. The molecule has 8 heteroatoms. The second-order valence-corrected chi connectivity index (χ2v) is 6.57. The van der Waals surface area contributed by atoms with Crippen LogP contribution in [0.1, 0.15) is 30.8 Å². The first kappa shape index (κ1) is 19.5. The number of ether oxygens (including phenoxy) is 1. The Kier molecular flexibility index (Phi) is 5.67. The van der Waals surface area contributed by atoms with Crippen LogP contribution in [0.5, 0.6) is 5.75 Å². The van der Waals surface area contributed by atoms with Gasteiger partial charge in [-0.05, 0) is 25.5 Å². The normalized spacial score (nSPS) is 11.9. The number of hydrogen-bond acceptors (Lipinski definition) is 4. The van der Waals surface area contributed by atoms with Crippen LogP contribution >= 0.6 is 0 Å². The van der Waals surface area contributed by atoms with Crippen LogP contribution in [-0.4, -0.2) is 32.7 Å². The van der Waals surface area contributed by atoms with Gasteiger partial charge in [0.05, 0.1) is 30.1 Å². The summed E-state index contributed by atoms with van der Waals surface area (Å²) in [5, 5.41) is 14.6. The smallest absolute Gasteiger partial charge is 0.320 e. The van der Waals surface area contributed by atoms with E-state index in [-0.39, 0.29) is 12.1 Å². The molecule has 0 aliphatic heterocycles. The van der Waals surface area contributed by atoms with Gasteiger partial charge in [-0.15, -0.1) is 0 Å². The minimum Gasteiger partial charge on any atom is -0.496 e. The Labute approximate surface area is 164 Å². The first-order valence-electron chi connectivity index (χ1n) is 9.18. The molecule has 2 N–H and O–H groups in total. The Morgan fingerprint density at radius 1 is 1.21 bits per heavy atom. The van der Waals surface area contributed by atoms with Gasteiger partial charge in [-0.2, -0.15) is 10.2 Å². The number of carbonyl (C=O) groups is 1. The molecule has 0 unspecified atom stereocenters. The molecule has 2 heterocycles. The number of anilines is 1. The number of carbonyl (C=O) groups excluding carboxylic acids is 1. The van der Waals surface area contributed by atoms with E-state index in [2.05, 4.69) is 20.8 Å². The first-order chi connectivity index (χ1) is 13.5. The lowest BCUT2D eigenvalue weighted by molar-refractivity contribution is 0.247. The van der Waals surface area contributed by atoms with Crippen molar-refractivity contribution in [1.29, 1.82) is 0 Å². The lowest BCUT2D eigenvalue weighted by Crippen LogP contribution is -2.34. The highest BCUT2D eigenvalue weighted by Gasteiger charge is 2.22. The molecule has 3 rings (SSSR count). The molecule has 0 bridgehead atoms. The zero-order valence-corrected chi connectivity index (χ0v) is 16.9. The number of benzene rings is 1. The minimum absolute atomic E-state index is 0.142. The van der Waals surface area contributed by atoms with Crippen LogP contribution in [0.15, 0.2) is 36.5 Å². The number of aromatic nitrogens is 4. The maximum absolute atomic E-state index is 12.8. The fourth-order valence-corrected chi connectivity index (χ4v) is 3.39. The molecule has 1 aromatic carbocycles. The number of urea groups is 1. The van der Waals surface area contributed by atoms with Gasteiger partial charge in [0.15, 0.2) is 0 Å². The summed E-state index contributed by atoms with van der Waals surface area (Å²) < 4.78 is 8.93. The predicted octanol–water partition coefficient (Wildman–Crippen LogP) is 3.41. The summed E-state index contributed by atoms with van der Waals surface area (Å²) in [6.45, 7) is 3.93. The lowest BCUT2D eigenvalue weighted by atomic mass is 10.0. The molecule has 0 saturated carbocycles. The molecule has 0 spiro atoms. The molecular formula is C20H26N6O2. The fraction of sp³-hybridized carbons (Fsp3) is 0.350. The molecular weight excluding hydrogens is 356 g/mol. The number of amides is 2. The van der Waals surface area contributed by atoms with E-state index in [9.17, 15) is 4.79 Å². The van der Waals surface area contributed by atoms with Crippen molar-refractivity contribution in [3.05, 3.63) is 47.9 Å². The summed E-state index contributed by atoms with van der Waals surface area (Å²) in [6, 6.07) is 9.15. The standard InChI is InChI=1S/C20H26N6O2/c1-6-15(16-11-12-21-25(16)3)22-20(27)23-19-18(13(2)24-26(19)4)14-9-7-8-10-17(14)28-5/h7-12,15H,6H2,1-5H3,(H2,22,23,27)/t15-/m1/s1. The average molecular weight is 382 g/mol. The monoisotopic (exact) mass is 382 g/mol. The highest BCUT2D eigenvalue weighted by molar-refractivity contribution is 5.94. The molecule has 0 fully saturated rings. The van der Waals surface area contributed by atoms with Gasteiger partial charge in [-0.3, -0.25) is 14.7 Å². The zero-order valence-electron chi connectivity index (χ0n) is 16.9. The number of aryl methyl sites for hydroxylation is 3. The summed E-state index contributed by atoms with van der Waals surface area (Å²) in [7, 11) is 5.30. The summed E-state index contributed by atoms with van der Waals surface area (Å²) in [6.07, 6.45) is 2.47. The molecule has 28 heavy (non-hydrogen) atoms. The van der Waals surface area contributed by atoms with Crippen molar-refractivity contribution in [2.24, 2.45) is 14.1 Å². The van der Waals surface area contributed by atoms with Gasteiger partial charge in [0.25, 0.3) is 0 Å². The van der Waals surface area contributed by atoms with E-state index in [1.165, 1.54) is 0 Å². The maximum Gasteiger partial charge on any atom is 0.320 e. The summed E-state index contributed by atoms with van der Waals surface area (Å²) in [5.74, 6) is 1.34. The fourth-order valence-electron chi connectivity index (χ4n) is 3.39. The summed E-state index contributed by atoms with van der Waals surface area (Å²) in [4.78, 5) is 12.8. The Morgan fingerprint density at radius 2 is 1.96 bits per heavy atom. The van der Waals surface area contributed by atoms with Crippen molar-refractivity contribution in [1.82, 2.24) is 24.9 Å². The van der Waals surface area contributed by atoms with Crippen molar-refractivity contribution < 1.29 is 9.53 Å². The SMILES string of the molecule is CC[C@@H](NC(=O)Nc1c(-c2ccccc2OC)c(C)nn1C)c1ccnn1C. The number of rotatable bonds is 6. The molecule has 2 amide bonds. The highest BCUT2D eigenvalue weighted by Crippen LogP contribution is 2.37. The maximum atomic E-state index is 12.8. The quantitative estimate of drug-likeness (QED) is 0.684. The average Bonchev–Trinajstić information content (AvgIpc) is 3.22. The van der Waals surface area contributed by atoms with E-state index < -0.39 is 0 Å². The molecule has 0 saturated heterocycles. The van der Waals surface area contributed by atoms with Gasteiger partial charge < -0.3 is 10.1 Å². The van der Waals surface area contributed by atoms with Crippen molar-refractivity contribution >= 4 is 11.8 Å². The number of hydrogen-bond donors (Lipinski definition) is 2. The Bertz CT molecular complexity index is 975. The van der Waals surface area contributed by atoms with Gasteiger partial charge in [0.2, 0.25) is 0 Å². The van der Waals surface area contributed by atoms with Crippen molar-refractivity contribution in [3.8, 4) is 16.9 Å². The largest absolute Gasteiger partial charge is 0.496 e. The molecule has 1 atom stereocenters. The van der Waals surface area contributed by atoms with E-state index >= 15 is 0 Å². The van der Waals surface area contributed by atoms with E-state index in [4.69, 9.17) is 4.74 Å². The van der Waals surface area contributed by atoms with Crippen LogP contribution in [0.25, 0.3) is 11.1 Å². The second-order valence-electron chi connectivity index (χ2n) is 6.57. The topological polar surface area (TPSA) is 86.0 Å².